The molecule has 23 heavy (non-hydrogen) atoms. The number of ether oxygens (including phenoxy) is 1. The number of hydrogen-bond acceptors (Lipinski definition) is 3. The number of likely N-dealkylation sites (tertiary alicyclic amines) is 1. The SMILES string of the molecule is CC(C)(C)OC(=O)N1CCC(Cc2ccc(Cl)cc2Cl)CC1N. The minimum atomic E-state index is -0.509. The zero-order chi connectivity index (χ0) is 17.2. The van der Waals surface area contributed by atoms with Crippen molar-refractivity contribution in [1.82, 2.24) is 4.90 Å². The van der Waals surface area contributed by atoms with Crippen LogP contribution < -0.4 is 5.73 Å². The summed E-state index contributed by atoms with van der Waals surface area (Å²) in [5.74, 6) is 0.391. The Balaban J connectivity index is 1.94. The van der Waals surface area contributed by atoms with Gasteiger partial charge in [-0.3, -0.25) is 4.90 Å². The minimum absolute atomic E-state index is 0.324. The lowest BCUT2D eigenvalue weighted by molar-refractivity contribution is 0.00556. The molecule has 0 radical (unpaired) electrons. The summed E-state index contributed by atoms with van der Waals surface area (Å²) in [5.41, 5.74) is 6.74. The summed E-state index contributed by atoms with van der Waals surface area (Å²) >= 11 is 12.2. The van der Waals surface area contributed by atoms with Gasteiger partial charge in [0.15, 0.2) is 0 Å². The number of hydrogen-bond donors (Lipinski definition) is 1. The van der Waals surface area contributed by atoms with Gasteiger partial charge in [-0.15, -0.1) is 0 Å². The molecule has 1 aromatic carbocycles. The van der Waals surface area contributed by atoms with Crippen molar-refractivity contribution in [3.63, 3.8) is 0 Å². The van der Waals surface area contributed by atoms with E-state index in [4.69, 9.17) is 33.7 Å². The maximum atomic E-state index is 12.2. The van der Waals surface area contributed by atoms with Crippen LogP contribution in [-0.2, 0) is 11.2 Å². The van der Waals surface area contributed by atoms with Crippen LogP contribution in [0, 0.1) is 5.92 Å². The summed E-state index contributed by atoms with van der Waals surface area (Å²) in [6, 6.07) is 5.56. The molecule has 0 aliphatic carbocycles. The Morgan fingerprint density at radius 1 is 1.39 bits per heavy atom. The normalized spacial score (nSPS) is 22.1. The summed E-state index contributed by atoms with van der Waals surface area (Å²) in [6.07, 6.45) is 1.79. The van der Waals surface area contributed by atoms with Crippen LogP contribution in [0.5, 0.6) is 0 Å². The second-order valence-electron chi connectivity index (χ2n) is 7.07. The molecule has 1 fully saturated rings. The lowest BCUT2D eigenvalue weighted by Gasteiger charge is -2.38. The molecule has 0 saturated carbocycles. The highest BCUT2D eigenvalue weighted by Crippen LogP contribution is 2.29. The van der Waals surface area contributed by atoms with E-state index in [1.165, 1.54) is 0 Å². The molecule has 0 spiro atoms. The molecule has 0 bridgehead atoms. The Bertz CT molecular complexity index is 572. The van der Waals surface area contributed by atoms with E-state index in [0.717, 1.165) is 24.8 Å². The van der Waals surface area contributed by atoms with E-state index in [1.807, 2.05) is 32.9 Å². The molecule has 2 N–H and O–H groups in total. The Hall–Kier alpha value is -0.970. The summed E-state index contributed by atoms with van der Waals surface area (Å²) in [4.78, 5) is 13.8. The monoisotopic (exact) mass is 358 g/mol. The molecular formula is C17H24Cl2N2O2. The third-order valence-electron chi connectivity index (χ3n) is 3.91. The van der Waals surface area contributed by atoms with Gasteiger partial charge in [0, 0.05) is 16.6 Å². The lowest BCUT2D eigenvalue weighted by Crippen LogP contribution is -2.52. The first kappa shape index (κ1) is 18.4. The van der Waals surface area contributed by atoms with Gasteiger partial charge in [0.1, 0.15) is 5.60 Å². The fourth-order valence-electron chi connectivity index (χ4n) is 2.80. The Morgan fingerprint density at radius 2 is 2.09 bits per heavy atom. The largest absolute Gasteiger partial charge is 0.444 e. The predicted octanol–water partition coefficient (Wildman–Crippen LogP) is 4.47. The standard InChI is InChI=1S/C17H24Cl2N2O2/c1-17(2,3)23-16(22)21-7-6-11(9-15(21)20)8-12-4-5-13(18)10-14(12)19/h4-5,10-11,15H,6-9,20H2,1-3H3. The van der Waals surface area contributed by atoms with Crippen molar-refractivity contribution in [3.8, 4) is 0 Å². The predicted molar refractivity (Wildman–Crippen MR) is 93.8 cm³/mol. The molecule has 1 saturated heterocycles. The van der Waals surface area contributed by atoms with Gasteiger partial charge in [-0.05, 0) is 63.6 Å². The van der Waals surface area contributed by atoms with Gasteiger partial charge in [0.2, 0.25) is 0 Å². The fraction of sp³-hybridized carbons (Fsp3) is 0.588. The number of carbonyl (C=O) groups is 1. The van der Waals surface area contributed by atoms with E-state index >= 15 is 0 Å². The van der Waals surface area contributed by atoms with E-state index in [0.29, 0.717) is 22.5 Å². The molecule has 2 unspecified atom stereocenters. The van der Waals surface area contributed by atoms with Crippen molar-refractivity contribution in [2.45, 2.75) is 51.8 Å². The number of nitrogens with zero attached hydrogens (tertiary/aromatic N) is 1. The van der Waals surface area contributed by atoms with Crippen LogP contribution in [0.4, 0.5) is 4.79 Å². The molecule has 128 valence electrons. The molecule has 1 amide bonds. The number of nitrogens with two attached hydrogens (primary N) is 1. The number of amides is 1. The zero-order valence-electron chi connectivity index (χ0n) is 13.8. The first-order valence-corrected chi connectivity index (χ1v) is 8.60. The van der Waals surface area contributed by atoms with Gasteiger partial charge in [0.25, 0.3) is 0 Å². The smallest absolute Gasteiger partial charge is 0.411 e. The van der Waals surface area contributed by atoms with Crippen LogP contribution >= 0.6 is 23.2 Å². The Kier molecular flexibility index (Phi) is 5.82. The van der Waals surface area contributed by atoms with Gasteiger partial charge in [-0.1, -0.05) is 29.3 Å². The van der Waals surface area contributed by atoms with Crippen LogP contribution in [0.3, 0.4) is 0 Å². The second-order valence-corrected chi connectivity index (χ2v) is 7.91. The van der Waals surface area contributed by atoms with Crippen molar-refractivity contribution in [1.29, 1.82) is 0 Å². The Labute approximate surface area is 147 Å². The van der Waals surface area contributed by atoms with E-state index in [-0.39, 0.29) is 12.3 Å². The van der Waals surface area contributed by atoms with Crippen molar-refractivity contribution < 1.29 is 9.53 Å². The van der Waals surface area contributed by atoms with Gasteiger partial charge in [0.05, 0.1) is 6.17 Å². The quantitative estimate of drug-likeness (QED) is 0.848. The van der Waals surface area contributed by atoms with E-state index in [2.05, 4.69) is 0 Å². The molecular weight excluding hydrogens is 335 g/mol. The molecule has 1 aliphatic heterocycles. The maximum Gasteiger partial charge on any atom is 0.411 e. The molecule has 2 rings (SSSR count). The first-order valence-electron chi connectivity index (χ1n) is 7.85. The van der Waals surface area contributed by atoms with Gasteiger partial charge in [-0.25, -0.2) is 4.79 Å². The Morgan fingerprint density at radius 3 is 2.65 bits per heavy atom. The number of benzene rings is 1. The van der Waals surface area contributed by atoms with Crippen LogP contribution in [0.1, 0.15) is 39.2 Å². The minimum Gasteiger partial charge on any atom is -0.444 e. The molecule has 6 heteroatoms. The van der Waals surface area contributed by atoms with Crippen molar-refractivity contribution in [2.75, 3.05) is 6.54 Å². The van der Waals surface area contributed by atoms with Crippen molar-refractivity contribution >= 4 is 29.3 Å². The highest BCUT2D eigenvalue weighted by Gasteiger charge is 2.32. The molecule has 1 heterocycles. The summed E-state index contributed by atoms with van der Waals surface area (Å²) < 4.78 is 5.40. The highest BCUT2D eigenvalue weighted by atomic mass is 35.5. The molecule has 2 atom stereocenters. The van der Waals surface area contributed by atoms with E-state index in [9.17, 15) is 4.79 Å². The van der Waals surface area contributed by atoms with Crippen LogP contribution in [0.25, 0.3) is 0 Å². The van der Waals surface area contributed by atoms with E-state index < -0.39 is 5.60 Å². The summed E-state index contributed by atoms with van der Waals surface area (Å²) in [7, 11) is 0. The number of carbonyl (C=O) groups excluding carboxylic acids is 1. The average molecular weight is 359 g/mol. The second kappa shape index (κ2) is 7.29. The maximum absolute atomic E-state index is 12.2. The molecule has 0 aromatic heterocycles. The van der Waals surface area contributed by atoms with Gasteiger partial charge in [-0.2, -0.15) is 0 Å². The summed E-state index contributed by atoms with van der Waals surface area (Å²) in [6.45, 7) is 6.16. The summed E-state index contributed by atoms with van der Waals surface area (Å²) in [5, 5.41) is 1.32. The average Bonchev–Trinajstić information content (AvgIpc) is 2.40. The first-order chi connectivity index (χ1) is 10.7. The molecule has 1 aromatic rings. The van der Waals surface area contributed by atoms with Gasteiger partial charge < -0.3 is 10.5 Å². The number of rotatable bonds is 2. The lowest BCUT2D eigenvalue weighted by atomic mass is 9.89. The highest BCUT2D eigenvalue weighted by molar-refractivity contribution is 6.35. The third kappa shape index (κ3) is 5.27. The topological polar surface area (TPSA) is 55.6 Å². The van der Waals surface area contributed by atoms with Gasteiger partial charge >= 0.3 is 6.09 Å². The third-order valence-corrected chi connectivity index (χ3v) is 4.49. The fourth-order valence-corrected chi connectivity index (χ4v) is 3.29. The van der Waals surface area contributed by atoms with Crippen LogP contribution in [-0.4, -0.2) is 29.3 Å². The van der Waals surface area contributed by atoms with E-state index in [1.54, 1.807) is 11.0 Å². The van der Waals surface area contributed by atoms with Crippen LogP contribution in [0.2, 0.25) is 10.0 Å². The van der Waals surface area contributed by atoms with Crippen LogP contribution in [0.15, 0.2) is 18.2 Å². The number of halogens is 2. The molecule has 4 nitrogen and oxygen atoms in total. The van der Waals surface area contributed by atoms with Crippen molar-refractivity contribution in [3.05, 3.63) is 33.8 Å². The number of piperidine rings is 1. The zero-order valence-corrected chi connectivity index (χ0v) is 15.3. The molecule has 1 aliphatic rings. The van der Waals surface area contributed by atoms with Crippen molar-refractivity contribution in [2.24, 2.45) is 11.7 Å².